The average Bonchev–Trinajstić information content (AvgIpc) is 3.03. The summed E-state index contributed by atoms with van der Waals surface area (Å²) >= 11 is 1.75. The second kappa shape index (κ2) is 8.65. The Bertz CT molecular complexity index is 763. The van der Waals surface area contributed by atoms with E-state index in [1.807, 2.05) is 26.8 Å². The highest BCUT2D eigenvalue weighted by Gasteiger charge is 2.22. The summed E-state index contributed by atoms with van der Waals surface area (Å²) < 4.78 is 20.7. The number of hydrogen-bond donors (Lipinski definition) is 1. The minimum Gasteiger partial charge on any atom is -0.497 e. The molecule has 0 spiro atoms. The van der Waals surface area contributed by atoms with Crippen molar-refractivity contribution >= 4 is 22.3 Å². The Kier molecular flexibility index (Phi) is 7.02. The number of methoxy groups -OCH3 is 1. The first kappa shape index (κ1) is 21.1. The maximum absolute atomic E-state index is 12.4. The van der Waals surface area contributed by atoms with E-state index in [0.717, 1.165) is 12.3 Å². The molecule has 6 heteroatoms. The lowest BCUT2D eigenvalue weighted by molar-refractivity contribution is 0.396. The molecule has 26 heavy (non-hydrogen) atoms. The fourth-order valence-corrected chi connectivity index (χ4v) is 4.48. The monoisotopic (exact) mass is 394 g/mol. The molecule has 0 saturated heterocycles. The van der Waals surface area contributed by atoms with E-state index in [2.05, 4.69) is 54.9 Å². The quantitative estimate of drug-likeness (QED) is 0.746. The molecule has 2 aromatic rings. The van der Waals surface area contributed by atoms with Crippen LogP contribution < -0.4 is 9.46 Å². The van der Waals surface area contributed by atoms with Gasteiger partial charge in [-0.15, -0.1) is 11.3 Å². The normalized spacial score (nSPS) is 14.5. The summed E-state index contributed by atoms with van der Waals surface area (Å²) in [6.45, 7) is 8.85. The van der Waals surface area contributed by atoms with Gasteiger partial charge in [0.25, 0.3) is 0 Å². The van der Waals surface area contributed by atoms with Gasteiger partial charge in [-0.3, -0.25) is 0 Å². The van der Waals surface area contributed by atoms with Gasteiger partial charge in [0.05, 0.1) is 28.9 Å². The van der Waals surface area contributed by atoms with Crippen molar-refractivity contribution in [3.63, 3.8) is 0 Å². The van der Waals surface area contributed by atoms with Gasteiger partial charge < -0.3 is 9.64 Å². The van der Waals surface area contributed by atoms with Crippen molar-refractivity contribution in [2.75, 3.05) is 21.2 Å². The molecule has 2 unspecified atom stereocenters. The van der Waals surface area contributed by atoms with E-state index in [0.29, 0.717) is 0 Å². The molecule has 0 aliphatic carbocycles. The summed E-state index contributed by atoms with van der Waals surface area (Å²) in [6.07, 6.45) is 0. The topological polar surface area (TPSA) is 41.6 Å². The first-order valence-electron chi connectivity index (χ1n) is 8.71. The van der Waals surface area contributed by atoms with Crippen molar-refractivity contribution in [2.45, 2.75) is 45.0 Å². The summed E-state index contributed by atoms with van der Waals surface area (Å²) in [7, 11) is 4.74. The van der Waals surface area contributed by atoms with Gasteiger partial charge in [0, 0.05) is 16.3 Å². The van der Waals surface area contributed by atoms with Crippen LogP contribution in [0.15, 0.2) is 30.3 Å². The third-order valence-electron chi connectivity index (χ3n) is 3.96. The van der Waals surface area contributed by atoms with E-state index >= 15 is 0 Å². The zero-order chi connectivity index (χ0) is 19.5. The molecule has 0 aliphatic heterocycles. The lowest BCUT2D eigenvalue weighted by Gasteiger charge is -2.21. The van der Waals surface area contributed by atoms with Crippen molar-refractivity contribution in [3.05, 3.63) is 40.8 Å². The van der Waals surface area contributed by atoms with Gasteiger partial charge in [-0.2, -0.15) is 0 Å². The number of hydrogen-bond acceptors (Lipinski definition) is 4. The molecule has 2 rings (SSSR count). The molecule has 1 aromatic heterocycles. The number of ether oxygens (including phenoxy) is 1. The number of rotatable bonds is 7. The van der Waals surface area contributed by atoms with E-state index < -0.39 is 11.0 Å². The molecular formula is C20H30N2O2S2. The molecule has 1 heterocycles. The van der Waals surface area contributed by atoms with Crippen LogP contribution in [0.4, 0.5) is 0 Å². The molecule has 0 saturated carbocycles. The molecule has 0 aliphatic rings. The summed E-state index contributed by atoms with van der Waals surface area (Å²) in [5.74, 6) is 0.873. The van der Waals surface area contributed by atoms with E-state index in [-0.39, 0.29) is 10.8 Å². The highest BCUT2D eigenvalue weighted by atomic mass is 32.2. The van der Waals surface area contributed by atoms with Gasteiger partial charge in [0.2, 0.25) is 0 Å². The fraction of sp³-hybridized carbons (Fsp3) is 0.500. The maximum atomic E-state index is 12.4. The summed E-state index contributed by atoms with van der Waals surface area (Å²) in [6, 6.07) is 10.6. The van der Waals surface area contributed by atoms with Crippen LogP contribution in [-0.2, 0) is 17.5 Å². The SMILES string of the molecule is COc1ccc(-c2ccc(C(C)NS(=O)C(C)(C)C)s2)c(CN(C)C)c1. The average molecular weight is 395 g/mol. The molecule has 4 nitrogen and oxygen atoms in total. The predicted octanol–water partition coefficient (Wildman–Crippen LogP) is 4.60. The van der Waals surface area contributed by atoms with Gasteiger partial charge in [-0.05, 0) is 83.2 Å². The standard InChI is InChI=1S/C20H30N2O2S2/c1-14(21-26(23)20(2,3)4)18-10-11-19(25-18)17-9-8-16(24-7)12-15(17)13-22(5)6/h8-12,14,21H,13H2,1-7H3. The van der Waals surface area contributed by atoms with Crippen LogP contribution in [0.1, 0.15) is 44.2 Å². The zero-order valence-electron chi connectivity index (χ0n) is 16.8. The number of nitrogens with one attached hydrogen (secondary N) is 1. The third-order valence-corrected chi connectivity index (χ3v) is 6.94. The molecule has 144 valence electrons. The molecule has 0 radical (unpaired) electrons. The second-order valence-electron chi connectivity index (χ2n) is 7.68. The molecular weight excluding hydrogens is 364 g/mol. The van der Waals surface area contributed by atoms with Crippen LogP contribution in [0.2, 0.25) is 0 Å². The fourth-order valence-electron chi connectivity index (χ4n) is 2.53. The Hall–Kier alpha value is -1.21. The van der Waals surface area contributed by atoms with Crippen LogP contribution >= 0.6 is 11.3 Å². The van der Waals surface area contributed by atoms with Crippen molar-refractivity contribution in [1.82, 2.24) is 9.62 Å². The number of nitrogens with zero attached hydrogens (tertiary/aromatic N) is 1. The lowest BCUT2D eigenvalue weighted by atomic mass is 10.1. The van der Waals surface area contributed by atoms with Gasteiger partial charge in [-0.1, -0.05) is 0 Å². The zero-order valence-corrected chi connectivity index (χ0v) is 18.4. The highest BCUT2D eigenvalue weighted by Crippen LogP contribution is 2.35. The third kappa shape index (κ3) is 5.39. The first-order valence-corrected chi connectivity index (χ1v) is 10.7. The van der Waals surface area contributed by atoms with Gasteiger partial charge in [0.15, 0.2) is 0 Å². The summed E-state index contributed by atoms with van der Waals surface area (Å²) in [4.78, 5) is 4.56. The Morgan fingerprint density at radius 2 is 1.92 bits per heavy atom. The summed E-state index contributed by atoms with van der Waals surface area (Å²) in [5.41, 5.74) is 2.46. The number of thiophene rings is 1. The van der Waals surface area contributed by atoms with Crippen molar-refractivity contribution < 1.29 is 8.95 Å². The molecule has 0 amide bonds. The summed E-state index contributed by atoms with van der Waals surface area (Å²) in [5, 5.41) is 0. The molecule has 0 bridgehead atoms. The van der Waals surface area contributed by atoms with E-state index in [4.69, 9.17) is 4.74 Å². The second-order valence-corrected chi connectivity index (χ2v) is 10.8. The van der Waals surface area contributed by atoms with Gasteiger partial charge >= 0.3 is 0 Å². The van der Waals surface area contributed by atoms with Crippen LogP contribution in [0.5, 0.6) is 5.75 Å². The van der Waals surface area contributed by atoms with E-state index in [9.17, 15) is 4.21 Å². The van der Waals surface area contributed by atoms with Gasteiger partial charge in [-0.25, -0.2) is 8.93 Å². The molecule has 2 atom stereocenters. The predicted molar refractivity (Wildman–Crippen MR) is 113 cm³/mol. The van der Waals surface area contributed by atoms with Crippen molar-refractivity contribution in [2.24, 2.45) is 0 Å². The van der Waals surface area contributed by atoms with Crippen LogP contribution in [0.3, 0.4) is 0 Å². The smallest absolute Gasteiger partial charge is 0.119 e. The minimum absolute atomic E-state index is 0.0457. The Morgan fingerprint density at radius 1 is 1.23 bits per heavy atom. The minimum atomic E-state index is -1.09. The largest absolute Gasteiger partial charge is 0.497 e. The molecule has 1 N–H and O–H groups in total. The first-order chi connectivity index (χ1) is 12.1. The Balaban J connectivity index is 2.27. The van der Waals surface area contributed by atoms with Gasteiger partial charge in [0.1, 0.15) is 5.75 Å². The Morgan fingerprint density at radius 3 is 2.50 bits per heavy atom. The van der Waals surface area contributed by atoms with Crippen molar-refractivity contribution in [3.8, 4) is 16.2 Å². The van der Waals surface area contributed by atoms with E-state index in [1.54, 1.807) is 18.4 Å². The highest BCUT2D eigenvalue weighted by molar-refractivity contribution is 7.84. The Labute approximate surface area is 164 Å². The molecule has 0 fully saturated rings. The number of benzene rings is 1. The lowest BCUT2D eigenvalue weighted by Crippen LogP contribution is -2.34. The van der Waals surface area contributed by atoms with E-state index in [1.165, 1.54) is 20.9 Å². The van der Waals surface area contributed by atoms with Crippen LogP contribution in [0, 0.1) is 0 Å². The van der Waals surface area contributed by atoms with Crippen LogP contribution in [-0.4, -0.2) is 35.1 Å². The van der Waals surface area contributed by atoms with Crippen LogP contribution in [0.25, 0.3) is 10.4 Å². The maximum Gasteiger partial charge on any atom is 0.119 e. The molecule has 1 aromatic carbocycles. The van der Waals surface area contributed by atoms with Crippen molar-refractivity contribution in [1.29, 1.82) is 0 Å².